The maximum Gasteiger partial charge on any atom is 0.410 e. The van der Waals surface area contributed by atoms with Crippen molar-refractivity contribution < 1.29 is 14.3 Å². The molecule has 0 radical (unpaired) electrons. The van der Waals surface area contributed by atoms with Gasteiger partial charge in [-0.15, -0.1) is 0 Å². The van der Waals surface area contributed by atoms with E-state index in [1.54, 1.807) is 11.1 Å². The van der Waals surface area contributed by atoms with Gasteiger partial charge >= 0.3 is 17.2 Å². The zero-order valence-electron chi connectivity index (χ0n) is 20.9. The van der Waals surface area contributed by atoms with Crippen LogP contribution in [0, 0.1) is 0 Å². The SMILES string of the molecule is O=C(OCc1ccccc1)N1CCCC(n2cc(-c3ccccc3OCc3ccccc3)[nH]c(=O)c2=O)C1. The number of para-hydroxylation sites is 1. The molecule has 2 heterocycles. The van der Waals surface area contributed by atoms with E-state index < -0.39 is 17.2 Å². The van der Waals surface area contributed by atoms with E-state index in [0.29, 0.717) is 43.0 Å². The molecule has 1 atom stereocenters. The van der Waals surface area contributed by atoms with Crippen LogP contribution in [-0.2, 0) is 18.0 Å². The first kappa shape index (κ1) is 25.1. The molecule has 1 aliphatic heterocycles. The predicted molar refractivity (Wildman–Crippen MR) is 144 cm³/mol. The molecule has 1 fully saturated rings. The molecule has 0 saturated carbocycles. The van der Waals surface area contributed by atoms with E-state index in [1.165, 1.54) is 4.57 Å². The Balaban J connectivity index is 1.35. The summed E-state index contributed by atoms with van der Waals surface area (Å²) < 4.78 is 13.0. The minimum atomic E-state index is -0.718. The highest BCUT2D eigenvalue weighted by Crippen LogP contribution is 2.29. The number of piperidine rings is 1. The molecule has 1 unspecified atom stereocenters. The number of hydrogen-bond acceptors (Lipinski definition) is 5. The van der Waals surface area contributed by atoms with Crippen LogP contribution < -0.4 is 15.9 Å². The molecule has 8 nitrogen and oxygen atoms in total. The van der Waals surface area contributed by atoms with Crippen LogP contribution in [0.15, 0.2) is 101 Å². The molecule has 1 aliphatic rings. The Hall–Kier alpha value is -4.59. The average Bonchev–Trinajstić information content (AvgIpc) is 2.97. The van der Waals surface area contributed by atoms with Gasteiger partial charge in [-0.25, -0.2) is 4.79 Å². The third kappa shape index (κ3) is 5.86. The maximum atomic E-state index is 12.9. The van der Waals surface area contributed by atoms with Crippen molar-refractivity contribution in [3.63, 3.8) is 0 Å². The van der Waals surface area contributed by atoms with Crippen molar-refractivity contribution in [3.05, 3.63) is 123 Å². The van der Waals surface area contributed by atoms with Crippen LogP contribution in [0.3, 0.4) is 0 Å². The molecule has 4 aromatic rings. The molecule has 1 saturated heterocycles. The molecular weight excluding hydrogens is 482 g/mol. The van der Waals surface area contributed by atoms with E-state index in [9.17, 15) is 14.4 Å². The predicted octanol–water partition coefficient (Wildman–Crippen LogP) is 4.76. The van der Waals surface area contributed by atoms with Crippen LogP contribution in [0.4, 0.5) is 4.79 Å². The van der Waals surface area contributed by atoms with E-state index in [-0.39, 0.29) is 19.2 Å². The fraction of sp³-hybridized carbons (Fsp3) is 0.233. The van der Waals surface area contributed by atoms with Gasteiger partial charge in [0, 0.05) is 24.8 Å². The Morgan fingerprint density at radius 1 is 0.868 bits per heavy atom. The van der Waals surface area contributed by atoms with E-state index >= 15 is 0 Å². The van der Waals surface area contributed by atoms with E-state index in [2.05, 4.69) is 4.98 Å². The standard InChI is InChI=1S/C30H29N3O5/c34-28-29(35)33(24-14-9-17-32(18-24)30(36)38-21-23-12-5-2-6-13-23)19-26(31-28)25-15-7-8-16-27(25)37-20-22-10-3-1-4-11-22/h1-8,10-13,15-16,19,24H,9,14,17-18,20-21H2,(H,31,34). The van der Waals surface area contributed by atoms with Crippen molar-refractivity contribution in [3.8, 4) is 17.0 Å². The van der Waals surface area contributed by atoms with Crippen LogP contribution in [0.2, 0.25) is 0 Å². The van der Waals surface area contributed by atoms with Crippen LogP contribution in [0.5, 0.6) is 5.75 Å². The molecule has 5 rings (SSSR count). The third-order valence-corrected chi connectivity index (χ3v) is 6.61. The number of nitrogens with zero attached hydrogens (tertiary/aromatic N) is 2. The second-order valence-electron chi connectivity index (χ2n) is 9.26. The van der Waals surface area contributed by atoms with Crippen LogP contribution in [-0.4, -0.2) is 33.6 Å². The Morgan fingerprint density at radius 3 is 2.26 bits per heavy atom. The molecule has 1 amide bonds. The van der Waals surface area contributed by atoms with Gasteiger partial charge in [0.05, 0.1) is 11.7 Å². The summed E-state index contributed by atoms with van der Waals surface area (Å²) in [5, 5.41) is 0. The van der Waals surface area contributed by atoms with Crippen LogP contribution in [0.25, 0.3) is 11.3 Å². The van der Waals surface area contributed by atoms with Gasteiger partial charge in [-0.3, -0.25) is 9.59 Å². The molecule has 1 aromatic heterocycles. The zero-order valence-corrected chi connectivity index (χ0v) is 20.9. The minimum Gasteiger partial charge on any atom is -0.488 e. The number of carbonyl (C=O) groups excluding carboxylic acids is 1. The Labute approximate surface area is 220 Å². The van der Waals surface area contributed by atoms with Crippen molar-refractivity contribution in [1.82, 2.24) is 14.5 Å². The number of carbonyl (C=O) groups is 1. The first-order valence-corrected chi connectivity index (χ1v) is 12.7. The minimum absolute atomic E-state index is 0.176. The summed E-state index contributed by atoms with van der Waals surface area (Å²) in [6.45, 7) is 1.35. The fourth-order valence-corrected chi connectivity index (χ4v) is 4.64. The Bertz CT molecular complexity index is 1500. The van der Waals surface area contributed by atoms with Crippen LogP contribution >= 0.6 is 0 Å². The molecule has 1 N–H and O–H groups in total. The van der Waals surface area contributed by atoms with Crippen LogP contribution in [0.1, 0.15) is 30.0 Å². The second kappa shape index (κ2) is 11.6. The lowest BCUT2D eigenvalue weighted by Gasteiger charge is -2.33. The second-order valence-corrected chi connectivity index (χ2v) is 9.26. The number of amides is 1. The number of aromatic nitrogens is 2. The van der Waals surface area contributed by atoms with Gasteiger partial charge in [-0.05, 0) is 36.1 Å². The maximum absolute atomic E-state index is 12.9. The summed E-state index contributed by atoms with van der Waals surface area (Å²) in [4.78, 5) is 42.7. The quantitative estimate of drug-likeness (QED) is 0.361. The number of hydrogen-bond donors (Lipinski definition) is 1. The number of rotatable bonds is 7. The van der Waals surface area contributed by atoms with Gasteiger partial charge in [-0.1, -0.05) is 72.8 Å². The molecular formula is C30H29N3O5. The lowest BCUT2D eigenvalue weighted by Crippen LogP contribution is -2.46. The van der Waals surface area contributed by atoms with Gasteiger partial charge in [-0.2, -0.15) is 0 Å². The lowest BCUT2D eigenvalue weighted by atomic mass is 10.1. The fourth-order valence-electron chi connectivity index (χ4n) is 4.64. The average molecular weight is 512 g/mol. The number of nitrogens with one attached hydrogen (secondary N) is 1. The van der Waals surface area contributed by atoms with Crippen molar-refractivity contribution in [2.24, 2.45) is 0 Å². The molecule has 3 aromatic carbocycles. The van der Waals surface area contributed by atoms with Crippen molar-refractivity contribution in [2.75, 3.05) is 13.1 Å². The highest BCUT2D eigenvalue weighted by Gasteiger charge is 2.27. The first-order valence-electron chi connectivity index (χ1n) is 12.7. The summed E-state index contributed by atoms with van der Waals surface area (Å²) in [5.41, 5.74) is 1.69. The summed E-state index contributed by atoms with van der Waals surface area (Å²) in [7, 11) is 0. The summed E-state index contributed by atoms with van der Waals surface area (Å²) in [5.74, 6) is 0.590. The molecule has 0 bridgehead atoms. The smallest absolute Gasteiger partial charge is 0.410 e. The van der Waals surface area contributed by atoms with E-state index in [1.807, 2.05) is 84.9 Å². The Kier molecular flexibility index (Phi) is 7.68. The summed E-state index contributed by atoms with van der Waals surface area (Å²) in [6, 6.07) is 26.3. The van der Waals surface area contributed by atoms with Crippen molar-refractivity contribution in [2.45, 2.75) is 32.1 Å². The molecule has 38 heavy (non-hydrogen) atoms. The van der Waals surface area contributed by atoms with Gasteiger partial charge < -0.3 is 23.9 Å². The monoisotopic (exact) mass is 511 g/mol. The Morgan fingerprint density at radius 2 is 1.53 bits per heavy atom. The van der Waals surface area contributed by atoms with Crippen molar-refractivity contribution >= 4 is 6.09 Å². The van der Waals surface area contributed by atoms with Gasteiger partial charge in [0.25, 0.3) is 0 Å². The number of benzene rings is 3. The number of aromatic amines is 1. The first-order chi connectivity index (χ1) is 18.6. The lowest BCUT2D eigenvalue weighted by molar-refractivity contribution is 0.0798. The normalized spacial score (nSPS) is 15.2. The third-order valence-electron chi connectivity index (χ3n) is 6.61. The summed E-state index contributed by atoms with van der Waals surface area (Å²) in [6.07, 6.45) is 2.57. The van der Waals surface area contributed by atoms with E-state index in [0.717, 1.165) is 11.1 Å². The molecule has 8 heteroatoms. The summed E-state index contributed by atoms with van der Waals surface area (Å²) >= 11 is 0. The van der Waals surface area contributed by atoms with E-state index in [4.69, 9.17) is 9.47 Å². The van der Waals surface area contributed by atoms with Crippen molar-refractivity contribution in [1.29, 1.82) is 0 Å². The molecule has 0 aliphatic carbocycles. The van der Waals surface area contributed by atoms with Gasteiger partial charge in [0.2, 0.25) is 0 Å². The zero-order chi connectivity index (χ0) is 26.3. The molecule has 0 spiro atoms. The van der Waals surface area contributed by atoms with Gasteiger partial charge in [0.15, 0.2) is 0 Å². The largest absolute Gasteiger partial charge is 0.488 e. The number of likely N-dealkylation sites (tertiary alicyclic amines) is 1. The van der Waals surface area contributed by atoms with Gasteiger partial charge in [0.1, 0.15) is 19.0 Å². The highest BCUT2D eigenvalue weighted by molar-refractivity contribution is 5.68. The number of H-pyrrole nitrogens is 1. The highest BCUT2D eigenvalue weighted by atomic mass is 16.6. The topological polar surface area (TPSA) is 93.6 Å². The number of ether oxygens (including phenoxy) is 2. The molecule has 194 valence electrons.